The van der Waals surface area contributed by atoms with Crippen molar-refractivity contribution < 1.29 is 4.79 Å². The molecular weight excluding hydrogens is 294 g/mol. The van der Waals surface area contributed by atoms with Gasteiger partial charge in [-0.15, -0.1) is 10.2 Å². The summed E-state index contributed by atoms with van der Waals surface area (Å²) < 4.78 is 1.87. The van der Waals surface area contributed by atoms with Gasteiger partial charge in [0, 0.05) is 32.4 Å². The molecule has 0 unspecified atom stereocenters. The van der Waals surface area contributed by atoms with Crippen molar-refractivity contribution in [2.45, 2.75) is 32.2 Å². The minimum atomic E-state index is -0.369. The van der Waals surface area contributed by atoms with E-state index >= 15 is 0 Å². The van der Waals surface area contributed by atoms with Gasteiger partial charge in [-0.3, -0.25) is 9.20 Å². The lowest BCUT2D eigenvalue weighted by atomic mass is 10.1. The number of unbranched alkanes of at least 4 members (excludes halogenated alkanes) is 1. The lowest BCUT2D eigenvalue weighted by Gasteiger charge is -2.37. The maximum atomic E-state index is 12.4. The van der Waals surface area contributed by atoms with Crippen LogP contribution in [0.1, 0.15) is 26.2 Å². The molecule has 1 atom stereocenters. The van der Waals surface area contributed by atoms with Crippen LogP contribution in [0.25, 0.3) is 5.78 Å². The summed E-state index contributed by atoms with van der Waals surface area (Å²) in [6.45, 7) is 5.01. The molecule has 1 aliphatic rings. The van der Waals surface area contributed by atoms with E-state index < -0.39 is 0 Å². The molecule has 2 aromatic rings. The molecular formula is C15H23N7O. The zero-order valence-electron chi connectivity index (χ0n) is 13.4. The van der Waals surface area contributed by atoms with Gasteiger partial charge in [-0.2, -0.15) is 0 Å². The van der Waals surface area contributed by atoms with Crippen LogP contribution < -0.4 is 10.6 Å². The van der Waals surface area contributed by atoms with Crippen molar-refractivity contribution in [1.82, 2.24) is 24.5 Å². The van der Waals surface area contributed by atoms with E-state index in [0.717, 1.165) is 38.2 Å². The van der Waals surface area contributed by atoms with Crippen LogP contribution in [0.5, 0.6) is 0 Å². The Hall–Kier alpha value is -2.22. The Morgan fingerprint density at radius 2 is 2.13 bits per heavy atom. The first-order chi connectivity index (χ1) is 11.2. The molecule has 8 nitrogen and oxygen atoms in total. The van der Waals surface area contributed by atoms with Crippen molar-refractivity contribution in [1.29, 1.82) is 0 Å². The molecule has 1 aliphatic heterocycles. The van der Waals surface area contributed by atoms with Crippen LogP contribution in [0.15, 0.2) is 18.6 Å². The Bertz CT molecular complexity index is 663. The summed E-state index contributed by atoms with van der Waals surface area (Å²) >= 11 is 0. The van der Waals surface area contributed by atoms with Gasteiger partial charge in [0.25, 0.3) is 5.78 Å². The predicted molar refractivity (Wildman–Crippen MR) is 87.1 cm³/mol. The average Bonchev–Trinajstić information content (AvgIpc) is 3.08. The second kappa shape index (κ2) is 6.91. The van der Waals surface area contributed by atoms with Gasteiger partial charge in [0.15, 0.2) is 0 Å². The third-order valence-electron chi connectivity index (χ3n) is 4.29. The molecule has 3 rings (SSSR count). The quantitative estimate of drug-likeness (QED) is 0.852. The largest absolute Gasteiger partial charge is 0.354 e. The Labute approximate surface area is 135 Å². The topological polar surface area (TPSA) is 92.7 Å². The van der Waals surface area contributed by atoms with Crippen molar-refractivity contribution >= 4 is 17.5 Å². The van der Waals surface area contributed by atoms with E-state index in [9.17, 15) is 4.79 Å². The second-order valence-electron chi connectivity index (χ2n) is 5.87. The molecule has 124 valence electrons. The summed E-state index contributed by atoms with van der Waals surface area (Å²) in [5.41, 5.74) is 6.01. The first-order valence-electron chi connectivity index (χ1n) is 8.14. The minimum Gasteiger partial charge on any atom is -0.354 e. The summed E-state index contributed by atoms with van der Waals surface area (Å²) in [7, 11) is 0. The van der Waals surface area contributed by atoms with Crippen LogP contribution >= 0.6 is 0 Å². The van der Waals surface area contributed by atoms with Gasteiger partial charge >= 0.3 is 0 Å². The van der Waals surface area contributed by atoms with Gasteiger partial charge in [0.1, 0.15) is 12.1 Å². The van der Waals surface area contributed by atoms with Crippen LogP contribution in [0.4, 0.5) is 5.82 Å². The van der Waals surface area contributed by atoms with Crippen LogP contribution in [0.2, 0.25) is 0 Å². The standard InChI is InChI=1S/C15H23N7O/c1-2-3-4-12(16)14(23)21-9-7-20(8-10-21)13-5-6-17-15-19-18-11-22(13)15/h5-6,11-12H,2-4,7-10,16H2,1H3/t12-/m0/s1. The fourth-order valence-corrected chi connectivity index (χ4v) is 2.93. The number of anilines is 1. The number of fused-ring (bicyclic) bond motifs is 1. The molecule has 0 bridgehead atoms. The molecule has 8 heteroatoms. The number of nitrogens with zero attached hydrogens (tertiary/aromatic N) is 6. The van der Waals surface area contributed by atoms with E-state index in [2.05, 4.69) is 27.0 Å². The third-order valence-corrected chi connectivity index (χ3v) is 4.29. The van der Waals surface area contributed by atoms with Crippen LogP contribution in [-0.4, -0.2) is 62.6 Å². The van der Waals surface area contributed by atoms with Crippen molar-refractivity contribution in [2.24, 2.45) is 5.73 Å². The number of carbonyl (C=O) groups is 1. The van der Waals surface area contributed by atoms with E-state index in [1.807, 2.05) is 15.4 Å². The normalized spacial score (nSPS) is 16.8. The van der Waals surface area contributed by atoms with Crippen LogP contribution in [0, 0.1) is 0 Å². The number of carbonyl (C=O) groups excluding carboxylic acids is 1. The Morgan fingerprint density at radius 3 is 2.87 bits per heavy atom. The van der Waals surface area contributed by atoms with E-state index in [1.165, 1.54) is 0 Å². The van der Waals surface area contributed by atoms with Crippen molar-refractivity contribution in [2.75, 3.05) is 31.1 Å². The molecule has 2 N–H and O–H groups in total. The fourth-order valence-electron chi connectivity index (χ4n) is 2.93. The van der Waals surface area contributed by atoms with Crippen molar-refractivity contribution in [3.05, 3.63) is 18.6 Å². The summed E-state index contributed by atoms with van der Waals surface area (Å²) in [5, 5.41) is 7.86. The van der Waals surface area contributed by atoms with Crippen molar-refractivity contribution in [3.63, 3.8) is 0 Å². The highest BCUT2D eigenvalue weighted by atomic mass is 16.2. The van der Waals surface area contributed by atoms with Gasteiger partial charge in [-0.1, -0.05) is 19.8 Å². The summed E-state index contributed by atoms with van der Waals surface area (Å²) in [6.07, 6.45) is 6.22. The number of hydrogen-bond acceptors (Lipinski definition) is 6. The molecule has 2 aromatic heterocycles. The van der Waals surface area contributed by atoms with E-state index in [1.54, 1.807) is 12.5 Å². The fraction of sp³-hybridized carbons (Fsp3) is 0.600. The van der Waals surface area contributed by atoms with Gasteiger partial charge < -0.3 is 15.5 Å². The molecule has 0 aromatic carbocycles. The number of aromatic nitrogens is 4. The van der Waals surface area contributed by atoms with Gasteiger partial charge in [-0.25, -0.2) is 4.98 Å². The predicted octanol–water partition coefficient (Wildman–Crippen LogP) is 0.290. The molecule has 1 amide bonds. The lowest BCUT2D eigenvalue weighted by Crippen LogP contribution is -2.53. The monoisotopic (exact) mass is 317 g/mol. The van der Waals surface area contributed by atoms with Gasteiger partial charge in [0.05, 0.1) is 6.04 Å². The summed E-state index contributed by atoms with van der Waals surface area (Å²) in [6, 6.07) is 1.58. The smallest absolute Gasteiger partial charge is 0.256 e. The van der Waals surface area contributed by atoms with E-state index in [4.69, 9.17) is 5.73 Å². The minimum absolute atomic E-state index is 0.0715. The Morgan fingerprint density at radius 1 is 1.35 bits per heavy atom. The van der Waals surface area contributed by atoms with Gasteiger partial charge in [-0.05, 0) is 12.5 Å². The molecule has 1 saturated heterocycles. The Balaban J connectivity index is 1.62. The maximum absolute atomic E-state index is 12.4. The zero-order chi connectivity index (χ0) is 16.2. The average molecular weight is 317 g/mol. The molecule has 0 aliphatic carbocycles. The number of amides is 1. The maximum Gasteiger partial charge on any atom is 0.256 e. The van der Waals surface area contributed by atoms with Crippen LogP contribution in [-0.2, 0) is 4.79 Å². The summed E-state index contributed by atoms with van der Waals surface area (Å²) in [4.78, 5) is 20.6. The number of piperazine rings is 1. The van der Waals surface area contributed by atoms with Crippen LogP contribution in [0.3, 0.4) is 0 Å². The van der Waals surface area contributed by atoms with Crippen molar-refractivity contribution in [3.8, 4) is 0 Å². The lowest BCUT2D eigenvalue weighted by molar-refractivity contribution is -0.133. The summed E-state index contributed by atoms with van der Waals surface area (Å²) in [5.74, 6) is 1.66. The highest BCUT2D eigenvalue weighted by molar-refractivity contribution is 5.81. The molecule has 0 spiro atoms. The second-order valence-corrected chi connectivity index (χ2v) is 5.87. The third kappa shape index (κ3) is 3.26. The number of nitrogens with two attached hydrogens (primary N) is 1. The number of hydrogen-bond donors (Lipinski definition) is 1. The van der Waals surface area contributed by atoms with E-state index in [0.29, 0.717) is 18.9 Å². The van der Waals surface area contributed by atoms with E-state index in [-0.39, 0.29) is 11.9 Å². The molecule has 0 radical (unpaired) electrons. The first-order valence-corrected chi connectivity index (χ1v) is 8.14. The molecule has 1 fully saturated rings. The highest BCUT2D eigenvalue weighted by Gasteiger charge is 2.25. The molecule has 3 heterocycles. The number of rotatable bonds is 5. The molecule has 0 saturated carbocycles. The zero-order valence-corrected chi connectivity index (χ0v) is 13.4. The first kappa shape index (κ1) is 15.7. The molecule has 23 heavy (non-hydrogen) atoms. The highest BCUT2D eigenvalue weighted by Crippen LogP contribution is 2.17. The SMILES string of the molecule is CCCC[C@H](N)C(=O)N1CCN(c2ccnc3nncn23)CC1. The van der Waals surface area contributed by atoms with Gasteiger partial charge in [0.2, 0.25) is 5.91 Å². The Kier molecular flexibility index (Phi) is 4.71.